The fourth-order valence-corrected chi connectivity index (χ4v) is 4.33. The van der Waals surface area contributed by atoms with E-state index >= 15 is 0 Å². The Labute approximate surface area is 190 Å². The molecule has 1 aromatic heterocycles. The van der Waals surface area contributed by atoms with E-state index in [1.807, 2.05) is 13.8 Å². The highest BCUT2D eigenvalue weighted by Crippen LogP contribution is 2.34. The van der Waals surface area contributed by atoms with Crippen molar-refractivity contribution in [3.05, 3.63) is 45.8 Å². The highest BCUT2D eigenvalue weighted by atomic mass is 32.1. The summed E-state index contributed by atoms with van der Waals surface area (Å²) in [6.45, 7) is 6.63. The molecule has 10 heteroatoms. The van der Waals surface area contributed by atoms with Crippen LogP contribution in [-0.4, -0.2) is 55.2 Å². The Morgan fingerprint density at radius 2 is 1.58 bits per heavy atom. The molecule has 1 heterocycles. The van der Waals surface area contributed by atoms with Gasteiger partial charge in [-0.3, -0.25) is 4.79 Å². The number of hydrogen-bond acceptors (Lipinski definition) is 7. The van der Waals surface area contributed by atoms with Gasteiger partial charge in [-0.25, -0.2) is 9.59 Å². The number of carbonyl (C=O) groups excluding carboxylic acids is 3. The van der Waals surface area contributed by atoms with E-state index in [0.29, 0.717) is 39.8 Å². The first kappa shape index (κ1) is 24.3. The first-order chi connectivity index (χ1) is 14.8. The first-order valence-corrected chi connectivity index (χ1v) is 10.8. The minimum Gasteiger partial charge on any atom is -0.465 e. The summed E-state index contributed by atoms with van der Waals surface area (Å²) in [6, 6.07) is 6.56. The molecule has 0 atom stereocenters. The number of methoxy groups -OCH3 is 2. The Morgan fingerprint density at radius 1 is 1.00 bits per heavy atom. The Hall–Kier alpha value is -2.98. The number of nitrogens with one attached hydrogen (secondary N) is 2. The quantitative estimate of drug-likeness (QED) is 0.471. The predicted octanol–water partition coefficient (Wildman–Crippen LogP) is 3.92. The molecule has 0 aliphatic rings. The van der Waals surface area contributed by atoms with Gasteiger partial charge in [0.2, 0.25) is 0 Å². The van der Waals surface area contributed by atoms with Gasteiger partial charge in [0, 0.05) is 18.8 Å². The number of rotatable bonds is 7. The maximum atomic E-state index is 12.9. The van der Waals surface area contributed by atoms with Crippen molar-refractivity contribution >= 4 is 57.2 Å². The number of carbonyl (C=O) groups is 3. The molecule has 2 N–H and O–H groups in total. The molecule has 1 amide bonds. The molecule has 2 rings (SSSR count). The van der Waals surface area contributed by atoms with Crippen LogP contribution in [0.3, 0.4) is 0 Å². The second-order valence-electron chi connectivity index (χ2n) is 6.38. The van der Waals surface area contributed by atoms with E-state index in [9.17, 15) is 14.4 Å². The fourth-order valence-electron chi connectivity index (χ4n) is 2.88. The summed E-state index contributed by atoms with van der Waals surface area (Å²) >= 11 is 6.52. The second kappa shape index (κ2) is 10.9. The van der Waals surface area contributed by atoms with Crippen molar-refractivity contribution in [2.24, 2.45) is 0 Å². The third-order valence-electron chi connectivity index (χ3n) is 4.57. The van der Waals surface area contributed by atoms with Gasteiger partial charge in [-0.05, 0) is 62.8 Å². The maximum Gasteiger partial charge on any atom is 0.341 e. The number of thiophene rings is 1. The lowest BCUT2D eigenvalue weighted by Gasteiger charge is -2.17. The third kappa shape index (κ3) is 5.59. The molecule has 0 spiro atoms. The number of anilines is 2. The highest BCUT2D eigenvalue weighted by molar-refractivity contribution is 7.80. The summed E-state index contributed by atoms with van der Waals surface area (Å²) in [4.78, 5) is 38.9. The number of amides is 1. The van der Waals surface area contributed by atoms with Crippen LogP contribution in [0.1, 0.15) is 49.8 Å². The molecule has 1 aromatic carbocycles. The molecular weight excluding hydrogens is 438 g/mol. The van der Waals surface area contributed by atoms with Crippen LogP contribution in [0.2, 0.25) is 0 Å². The van der Waals surface area contributed by atoms with E-state index in [-0.39, 0.29) is 16.6 Å². The van der Waals surface area contributed by atoms with Crippen molar-refractivity contribution in [3.8, 4) is 0 Å². The van der Waals surface area contributed by atoms with Crippen LogP contribution in [0.5, 0.6) is 0 Å². The molecule has 0 saturated heterocycles. The van der Waals surface area contributed by atoms with Crippen LogP contribution in [0, 0.1) is 6.92 Å². The molecule has 0 fully saturated rings. The smallest absolute Gasteiger partial charge is 0.341 e. The van der Waals surface area contributed by atoms with Gasteiger partial charge in [0.15, 0.2) is 5.11 Å². The summed E-state index contributed by atoms with van der Waals surface area (Å²) in [5.74, 6) is -1.14. The largest absolute Gasteiger partial charge is 0.465 e. The van der Waals surface area contributed by atoms with Crippen LogP contribution in [-0.2, 0) is 9.47 Å². The molecule has 0 bridgehead atoms. The van der Waals surface area contributed by atoms with E-state index in [2.05, 4.69) is 15.4 Å². The van der Waals surface area contributed by atoms with Crippen molar-refractivity contribution in [1.29, 1.82) is 0 Å². The lowest BCUT2D eigenvalue weighted by Crippen LogP contribution is -2.30. The van der Waals surface area contributed by atoms with Gasteiger partial charge in [0.05, 0.1) is 30.2 Å². The van der Waals surface area contributed by atoms with E-state index in [1.165, 1.54) is 14.2 Å². The van der Waals surface area contributed by atoms with Gasteiger partial charge in [-0.15, -0.1) is 11.3 Å². The van der Waals surface area contributed by atoms with E-state index in [0.717, 1.165) is 11.3 Å². The fraction of sp³-hybridized carbons (Fsp3) is 0.333. The van der Waals surface area contributed by atoms with Gasteiger partial charge < -0.3 is 25.0 Å². The van der Waals surface area contributed by atoms with Gasteiger partial charge >= 0.3 is 11.9 Å². The van der Waals surface area contributed by atoms with E-state index in [1.54, 1.807) is 36.1 Å². The van der Waals surface area contributed by atoms with Gasteiger partial charge in [0.25, 0.3) is 5.91 Å². The lowest BCUT2D eigenvalue weighted by atomic mass is 10.1. The molecule has 8 nitrogen and oxygen atoms in total. The van der Waals surface area contributed by atoms with Crippen molar-refractivity contribution in [2.75, 3.05) is 37.9 Å². The summed E-state index contributed by atoms with van der Waals surface area (Å²) in [6.07, 6.45) is 0. The van der Waals surface area contributed by atoms with Gasteiger partial charge in [-0.1, -0.05) is 0 Å². The van der Waals surface area contributed by atoms with Crippen LogP contribution in [0.15, 0.2) is 24.3 Å². The molecule has 0 unspecified atom stereocenters. The number of nitrogens with zero attached hydrogens (tertiary/aromatic N) is 1. The van der Waals surface area contributed by atoms with Gasteiger partial charge in [-0.2, -0.15) is 0 Å². The van der Waals surface area contributed by atoms with Gasteiger partial charge in [0.1, 0.15) is 5.00 Å². The van der Waals surface area contributed by atoms with Crippen molar-refractivity contribution in [3.63, 3.8) is 0 Å². The Morgan fingerprint density at radius 3 is 2.10 bits per heavy atom. The molecule has 0 aliphatic heterocycles. The average molecular weight is 464 g/mol. The Balaban J connectivity index is 2.27. The molecule has 0 radical (unpaired) electrons. The Bertz CT molecular complexity index is 982. The lowest BCUT2D eigenvalue weighted by molar-refractivity contribution is 0.0592. The van der Waals surface area contributed by atoms with Crippen LogP contribution >= 0.6 is 23.6 Å². The normalized spacial score (nSPS) is 10.2. The van der Waals surface area contributed by atoms with Crippen LogP contribution in [0.25, 0.3) is 0 Å². The zero-order valence-electron chi connectivity index (χ0n) is 18.0. The third-order valence-corrected chi connectivity index (χ3v) is 5.97. The predicted molar refractivity (Wildman–Crippen MR) is 125 cm³/mol. The SMILES string of the molecule is CCN(CC)C(=O)c1sc(NC(=S)Nc2ccc(C(=O)OC)cc2)c(C(=O)OC)c1C. The first-order valence-electron chi connectivity index (χ1n) is 9.54. The monoisotopic (exact) mass is 463 g/mol. The molecule has 0 aliphatic carbocycles. The van der Waals surface area contributed by atoms with Crippen molar-refractivity contribution in [2.45, 2.75) is 20.8 Å². The van der Waals surface area contributed by atoms with Crippen molar-refractivity contribution < 1.29 is 23.9 Å². The average Bonchev–Trinajstić information content (AvgIpc) is 3.09. The summed E-state index contributed by atoms with van der Waals surface area (Å²) < 4.78 is 9.58. The zero-order chi connectivity index (χ0) is 23.1. The molecule has 166 valence electrons. The number of thiocarbonyl (C=S) groups is 1. The zero-order valence-corrected chi connectivity index (χ0v) is 19.7. The number of hydrogen-bond donors (Lipinski definition) is 2. The van der Waals surface area contributed by atoms with E-state index in [4.69, 9.17) is 17.0 Å². The molecule has 0 saturated carbocycles. The minimum atomic E-state index is -0.555. The second-order valence-corrected chi connectivity index (χ2v) is 7.81. The van der Waals surface area contributed by atoms with Crippen LogP contribution in [0.4, 0.5) is 10.7 Å². The summed E-state index contributed by atoms with van der Waals surface area (Å²) in [7, 11) is 2.60. The molecular formula is C21H25N3O5S2. The maximum absolute atomic E-state index is 12.9. The summed E-state index contributed by atoms with van der Waals surface area (Å²) in [5, 5.41) is 6.62. The number of esters is 2. The number of benzene rings is 1. The minimum absolute atomic E-state index is 0.150. The Kier molecular flexibility index (Phi) is 8.52. The molecule has 31 heavy (non-hydrogen) atoms. The number of ether oxygens (including phenoxy) is 2. The topological polar surface area (TPSA) is 97.0 Å². The van der Waals surface area contributed by atoms with E-state index < -0.39 is 11.9 Å². The van der Waals surface area contributed by atoms with Crippen molar-refractivity contribution in [1.82, 2.24) is 4.90 Å². The standard InChI is InChI=1S/C21H25N3O5S2/c1-6-24(7-2)18(25)16-12(3)15(20(27)29-5)17(31-16)23-21(30)22-14-10-8-13(9-11-14)19(26)28-4/h8-11H,6-7H2,1-5H3,(H2,22,23,30). The molecule has 2 aromatic rings. The highest BCUT2D eigenvalue weighted by Gasteiger charge is 2.27. The van der Waals surface area contributed by atoms with Crippen LogP contribution < -0.4 is 10.6 Å². The summed E-state index contributed by atoms with van der Waals surface area (Å²) in [5.41, 5.74) is 1.86.